The van der Waals surface area contributed by atoms with Gasteiger partial charge in [-0.05, 0) is 52.3 Å². The zero-order chi connectivity index (χ0) is 15.2. The average molecular weight is 368 g/mol. The summed E-state index contributed by atoms with van der Waals surface area (Å²) in [4.78, 5) is 12.3. The SMILES string of the molecule is CCNCc1cccc(NC(=O)c2cccc(Br)c2Cl)c1. The van der Waals surface area contributed by atoms with E-state index in [9.17, 15) is 4.79 Å². The number of benzene rings is 2. The molecule has 0 aliphatic carbocycles. The van der Waals surface area contributed by atoms with E-state index in [1.54, 1.807) is 18.2 Å². The summed E-state index contributed by atoms with van der Waals surface area (Å²) in [6.07, 6.45) is 0. The van der Waals surface area contributed by atoms with E-state index in [4.69, 9.17) is 11.6 Å². The van der Waals surface area contributed by atoms with Gasteiger partial charge in [-0.1, -0.05) is 36.7 Å². The third-order valence-corrected chi connectivity index (χ3v) is 4.26. The van der Waals surface area contributed by atoms with Crippen LogP contribution in [0.4, 0.5) is 5.69 Å². The minimum atomic E-state index is -0.220. The van der Waals surface area contributed by atoms with E-state index in [0.29, 0.717) is 15.1 Å². The van der Waals surface area contributed by atoms with Crippen LogP contribution in [-0.4, -0.2) is 12.5 Å². The Morgan fingerprint density at radius 2 is 2.00 bits per heavy atom. The van der Waals surface area contributed by atoms with E-state index in [2.05, 4.69) is 33.5 Å². The number of amides is 1. The molecule has 0 aromatic heterocycles. The van der Waals surface area contributed by atoms with Gasteiger partial charge in [0.2, 0.25) is 0 Å². The molecule has 0 saturated heterocycles. The third-order valence-electron chi connectivity index (χ3n) is 2.96. The second-order valence-corrected chi connectivity index (χ2v) is 5.77. The monoisotopic (exact) mass is 366 g/mol. The van der Waals surface area contributed by atoms with Crippen molar-refractivity contribution >= 4 is 39.1 Å². The van der Waals surface area contributed by atoms with Crippen LogP contribution in [0, 0.1) is 0 Å². The Morgan fingerprint density at radius 3 is 2.76 bits per heavy atom. The predicted octanol–water partition coefficient (Wildman–Crippen LogP) is 4.46. The molecule has 0 radical (unpaired) electrons. The molecule has 2 aromatic carbocycles. The van der Waals surface area contributed by atoms with Gasteiger partial charge in [0.05, 0.1) is 10.6 Å². The van der Waals surface area contributed by atoms with Crippen molar-refractivity contribution in [2.75, 3.05) is 11.9 Å². The van der Waals surface area contributed by atoms with Gasteiger partial charge in [0, 0.05) is 16.7 Å². The normalized spacial score (nSPS) is 10.4. The number of hydrogen-bond donors (Lipinski definition) is 2. The van der Waals surface area contributed by atoms with E-state index in [1.165, 1.54) is 0 Å². The molecule has 5 heteroatoms. The van der Waals surface area contributed by atoms with Crippen molar-refractivity contribution in [3.05, 3.63) is 63.1 Å². The summed E-state index contributed by atoms with van der Waals surface area (Å²) < 4.78 is 0.706. The number of halogens is 2. The van der Waals surface area contributed by atoms with Crippen LogP contribution in [0.15, 0.2) is 46.9 Å². The molecule has 2 N–H and O–H groups in total. The van der Waals surface area contributed by atoms with E-state index >= 15 is 0 Å². The molecule has 0 fully saturated rings. The van der Waals surface area contributed by atoms with Gasteiger partial charge in [-0.15, -0.1) is 0 Å². The van der Waals surface area contributed by atoms with Crippen LogP contribution >= 0.6 is 27.5 Å². The van der Waals surface area contributed by atoms with Gasteiger partial charge >= 0.3 is 0 Å². The Kier molecular flexibility index (Phi) is 5.79. The number of carbonyl (C=O) groups excluding carboxylic acids is 1. The van der Waals surface area contributed by atoms with Gasteiger partial charge in [-0.25, -0.2) is 0 Å². The Morgan fingerprint density at radius 1 is 1.24 bits per heavy atom. The lowest BCUT2D eigenvalue weighted by Crippen LogP contribution is -2.14. The first-order valence-corrected chi connectivity index (χ1v) is 7.84. The first-order chi connectivity index (χ1) is 10.1. The smallest absolute Gasteiger partial charge is 0.257 e. The molecule has 0 unspecified atom stereocenters. The minimum absolute atomic E-state index is 0.220. The quantitative estimate of drug-likeness (QED) is 0.819. The molecule has 0 spiro atoms. The number of hydrogen-bond acceptors (Lipinski definition) is 2. The molecule has 21 heavy (non-hydrogen) atoms. The summed E-state index contributed by atoms with van der Waals surface area (Å²) in [5.74, 6) is -0.220. The van der Waals surface area contributed by atoms with Gasteiger partial charge in [0.15, 0.2) is 0 Å². The van der Waals surface area contributed by atoms with Gasteiger partial charge in [-0.2, -0.15) is 0 Å². The lowest BCUT2D eigenvalue weighted by Gasteiger charge is -2.09. The summed E-state index contributed by atoms with van der Waals surface area (Å²) in [5, 5.41) is 6.54. The zero-order valence-electron chi connectivity index (χ0n) is 11.6. The Labute approximate surface area is 137 Å². The van der Waals surface area contributed by atoms with E-state index in [0.717, 1.165) is 24.3 Å². The molecule has 0 heterocycles. The van der Waals surface area contributed by atoms with E-state index in [1.807, 2.05) is 24.3 Å². The van der Waals surface area contributed by atoms with Crippen molar-refractivity contribution < 1.29 is 4.79 Å². The molecule has 0 bridgehead atoms. The molecule has 0 aliphatic heterocycles. The highest BCUT2D eigenvalue weighted by Gasteiger charge is 2.12. The maximum Gasteiger partial charge on any atom is 0.257 e. The molecular weight excluding hydrogens is 352 g/mol. The van der Waals surface area contributed by atoms with Crippen molar-refractivity contribution in [2.45, 2.75) is 13.5 Å². The molecule has 1 amide bonds. The van der Waals surface area contributed by atoms with Crippen molar-refractivity contribution in [3.63, 3.8) is 0 Å². The molecule has 0 saturated carbocycles. The topological polar surface area (TPSA) is 41.1 Å². The van der Waals surface area contributed by atoms with Crippen LogP contribution < -0.4 is 10.6 Å². The van der Waals surface area contributed by atoms with Crippen LogP contribution in [0.5, 0.6) is 0 Å². The summed E-state index contributed by atoms with van der Waals surface area (Å²) in [6.45, 7) is 3.74. The summed E-state index contributed by atoms with van der Waals surface area (Å²) in [7, 11) is 0. The fourth-order valence-corrected chi connectivity index (χ4v) is 2.48. The fourth-order valence-electron chi connectivity index (χ4n) is 1.91. The summed E-state index contributed by atoms with van der Waals surface area (Å²) in [5.41, 5.74) is 2.32. The van der Waals surface area contributed by atoms with Gasteiger partial charge < -0.3 is 10.6 Å². The van der Waals surface area contributed by atoms with E-state index < -0.39 is 0 Å². The maximum atomic E-state index is 12.3. The third kappa shape index (κ3) is 4.30. The fraction of sp³-hybridized carbons (Fsp3) is 0.188. The number of rotatable bonds is 5. The van der Waals surface area contributed by atoms with Crippen LogP contribution in [0.25, 0.3) is 0 Å². The first kappa shape index (κ1) is 16.0. The van der Waals surface area contributed by atoms with Crippen LogP contribution in [0.3, 0.4) is 0 Å². The average Bonchev–Trinajstić information content (AvgIpc) is 2.48. The van der Waals surface area contributed by atoms with Crippen molar-refractivity contribution in [1.82, 2.24) is 5.32 Å². The van der Waals surface area contributed by atoms with Crippen molar-refractivity contribution in [1.29, 1.82) is 0 Å². The number of carbonyl (C=O) groups is 1. The molecule has 110 valence electrons. The molecule has 0 aliphatic rings. The molecular formula is C16H16BrClN2O. The lowest BCUT2D eigenvalue weighted by atomic mass is 10.1. The molecule has 2 rings (SSSR count). The second-order valence-electron chi connectivity index (χ2n) is 4.54. The van der Waals surface area contributed by atoms with Crippen LogP contribution in [0.2, 0.25) is 5.02 Å². The van der Waals surface area contributed by atoms with Gasteiger partial charge in [0.25, 0.3) is 5.91 Å². The number of nitrogens with one attached hydrogen (secondary N) is 2. The Hall–Kier alpha value is -1.36. The minimum Gasteiger partial charge on any atom is -0.322 e. The lowest BCUT2D eigenvalue weighted by molar-refractivity contribution is 0.102. The summed E-state index contributed by atoms with van der Waals surface area (Å²) >= 11 is 9.46. The maximum absolute atomic E-state index is 12.3. The van der Waals surface area contributed by atoms with Gasteiger partial charge in [0.1, 0.15) is 0 Å². The van der Waals surface area contributed by atoms with E-state index in [-0.39, 0.29) is 5.91 Å². The summed E-state index contributed by atoms with van der Waals surface area (Å²) in [6, 6.07) is 13.0. The number of anilines is 1. The standard InChI is InChI=1S/C16H16BrClN2O/c1-2-19-10-11-5-3-6-12(9-11)20-16(21)13-7-4-8-14(17)15(13)18/h3-9,19H,2,10H2,1H3,(H,20,21). The Balaban J connectivity index is 2.14. The largest absolute Gasteiger partial charge is 0.322 e. The molecule has 3 nitrogen and oxygen atoms in total. The zero-order valence-corrected chi connectivity index (χ0v) is 14.0. The van der Waals surface area contributed by atoms with Crippen molar-refractivity contribution in [3.8, 4) is 0 Å². The predicted molar refractivity (Wildman–Crippen MR) is 90.9 cm³/mol. The Bertz CT molecular complexity index is 646. The highest BCUT2D eigenvalue weighted by Crippen LogP contribution is 2.26. The van der Waals surface area contributed by atoms with Crippen molar-refractivity contribution in [2.24, 2.45) is 0 Å². The second kappa shape index (κ2) is 7.59. The van der Waals surface area contributed by atoms with Crippen LogP contribution in [-0.2, 0) is 6.54 Å². The first-order valence-electron chi connectivity index (χ1n) is 6.67. The molecule has 0 atom stereocenters. The van der Waals surface area contributed by atoms with Crippen LogP contribution in [0.1, 0.15) is 22.8 Å². The highest BCUT2D eigenvalue weighted by atomic mass is 79.9. The van der Waals surface area contributed by atoms with Gasteiger partial charge in [-0.3, -0.25) is 4.79 Å². The molecule has 2 aromatic rings. The highest BCUT2D eigenvalue weighted by molar-refractivity contribution is 9.10.